The van der Waals surface area contributed by atoms with Gasteiger partial charge in [0.15, 0.2) is 11.5 Å². The van der Waals surface area contributed by atoms with Crippen LogP contribution in [0.5, 0.6) is 0 Å². The monoisotopic (exact) mass is 497 g/mol. The predicted molar refractivity (Wildman–Crippen MR) is 112 cm³/mol. The zero-order valence-corrected chi connectivity index (χ0v) is 18.1. The fraction of sp³-hybridized carbons (Fsp3) is 0.238. The molecule has 1 unspecified atom stereocenters. The minimum atomic E-state index is -4.77. The number of oxazole rings is 1. The van der Waals surface area contributed by atoms with Gasteiger partial charge in [0.1, 0.15) is 0 Å². The van der Waals surface area contributed by atoms with E-state index in [0.717, 1.165) is 17.0 Å². The first-order chi connectivity index (χ1) is 15.9. The molecule has 34 heavy (non-hydrogen) atoms. The highest BCUT2D eigenvalue weighted by Crippen LogP contribution is 2.37. The van der Waals surface area contributed by atoms with Gasteiger partial charge in [0, 0.05) is 25.3 Å². The van der Waals surface area contributed by atoms with Crippen molar-refractivity contribution >= 4 is 46.3 Å². The van der Waals surface area contributed by atoms with E-state index in [1.807, 2.05) is 0 Å². The van der Waals surface area contributed by atoms with Gasteiger partial charge in [-0.25, -0.2) is 9.59 Å². The molecule has 0 radical (unpaired) electrons. The Balaban J connectivity index is 1.75. The molecule has 3 aromatic rings. The molecule has 1 aliphatic heterocycles. The Kier molecular flexibility index (Phi) is 5.64. The number of alkyl halides is 3. The second kappa shape index (κ2) is 8.20. The van der Waals surface area contributed by atoms with Crippen molar-refractivity contribution in [2.24, 2.45) is 13.0 Å². The number of fused-ring (bicyclic) bond motifs is 1. The Morgan fingerprint density at radius 1 is 1.21 bits per heavy atom. The highest BCUT2D eigenvalue weighted by atomic mass is 35.5. The molecule has 1 atom stereocenters. The van der Waals surface area contributed by atoms with E-state index in [1.54, 1.807) is 0 Å². The Morgan fingerprint density at radius 2 is 1.91 bits per heavy atom. The number of hydrogen-bond donors (Lipinski definition) is 1. The third-order valence-electron chi connectivity index (χ3n) is 5.49. The van der Waals surface area contributed by atoms with Crippen molar-refractivity contribution in [2.45, 2.75) is 12.7 Å². The molecule has 0 saturated carbocycles. The zero-order chi connectivity index (χ0) is 24.9. The number of carboxylic acids is 1. The number of imide groups is 1. The smallest absolute Gasteiger partial charge is 0.419 e. The van der Waals surface area contributed by atoms with Crippen LogP contribution in [-0.4, -0.2) is 39.0 Å². The summed E-state index contributed by atoms with van der Waals surface area (Å²) in [6, 6.07) is 6.30. The van der Waals surface area contributed by atoms with Crippen LogP contribution < -0.4 is 10.7 Å². The number of aryl methyl sites for hydroxylation is 1. The maximum Gasteiger partial charge on any atom is 0.419 e. The van der Waals surface area contributed by atoms with Crippen LogP contribution in [0, 0.1) is 5.92 Å². The highest BCUT2D eigenvalue weighted by Gasteiger charge is 2.44. The summed E-state index contributed by atoms with van der Waals surface area (Å²) in [6.45, 7) is -1.20. The van der Waals surface area contributed by atoms with Crippen molar-refractivity contribution in [3.8, 4) is 0 Å². The summed E-state index contributed by atoms with van der Waals surface area (Å²) >= 11 is 5.90. The van der Waals surface area contributed by atoms with Crippen molar-refractivity contribution in [1.29, 1.82) is 0 Å². The average Bonchev–Trinajstić information content (AvgIpc) is 3.04. The van der Waals surface area contributed by atoms with E-state index in [-0.39, 0.29) is 16.8 Å². The van der Waals surface area contributed by atoms with Crippen molar-refractivity contribution in [3.05, 3.63) is 63.1 Å². The molecule has 1 N–H and O–H groups in total. The molecule has 2 aromatic carbocycles. The topological polar surface area (TPSA) is 113 Å². The molecule has 13 heteroatoms. The molecule has 0 aliphatic carbocycles. The number of halogens is 4. The molecule has 4 rings (SSSR count). The second-order valence-electron chi connectivity index (χ2n) is 7.56. The van der Waals surface area contributed by atoms with E-state index in [0.29, 0.717) is 10.4 Å². The van der Waals surface area contributed by atoms with Crippen LogP contribution in [0.25, 0.3) is 11.1 Å². The first kappa shape index (κ1) is 23.4. The molecule has 1 aliphatic rings. The van der Waals surface area contributed by atoms with Gasteiger partial charge in [0.25, 0.3) is 0 Å². The summed E-state index contributed by atoms with van der Waals surface area (Å²) in [4.78, 5) is 51.0. The van der Waals surface area contributed by atoms with Crippen molar-refractivity contribution in [3.63, 3.8) is 0 Å². The number of hydrogen-bond acceptors (Lipinski definition) is 5. The molecule has 9 nitrogen and oxygen atoms in total. The third-order valence-corrected chi connectivity index (χ3v) is 5.94. The summed E-state index contributed by atoms with van der Waals surface area (Å²) in [6.07, 6.45) is -4.77. The molecule has 178 valence electrons. The van der Waals surface area contributed by atoms with Crippen LogP contribution in [0.3, 0.4) is 0 Å². The third kappa shape index (κ3) is 3.89. The van der Waals surface area contributed by atoms with Gasteiger partial charge < -0.3 is 9.52 Å². The van der Waals surface area contributed by atoms with E-state index in [2.05, 4.69) is 0 Å². The zero-order valence-electron chi connectivity index (χ0n) is 17.3. The number of anilines is 1. The highest BCUT2D eigenvalue weighted by molar-refractivity contribution is 6.32. The SMILES string of the molecule is Cn1c(=O)oc2cc(N3CC(C(=O)O)C(=O)N(Cc4cccc(C(F)(F)F)c4Cl)C3=O)ccc21. The van der Waals surface area contributed by atoms with Crippen LogP contribution >= 0.6 is 11.6 Å². The first-order valence-corrected chi connectivity index (χ1v) is 10.1. The number of carbonyl (C=O) groups excluding carboxylic acids is 2. The van der Waals surface area contributed by atoms with E-state index < -0.39 is 59.4 Å². The van der Waals surface area contributed by atoms with E-state index in [1.165, 1.54) is 35.9 Å². The van der Waals surface area contributed by atoms with Gasteiger partial charge in [-0.15, -0.1) is 0 Å². The number of nitrogens with zero attached hydrogens (tertiary/aromatic N) is 3. The number of amides is 3. The van der Waals surface area contributed by atoms with Crippen molar-refractivity contribution in [2.75, 3.05) is 11.4 Å². The van der Waals surface area contributed by atoms with Gasteiger partial charge in [-0.2, -0.15) is 13.2 Å². The van der Waals surface area contributed by atoms with Crippen LogP contribution in [-0.2, 0) is 29.4 Å². The molecule has 2 heterocycles. The second-order valence-corrected chi connectivity index (χ2v) is 7.94. The molecular weight excluding hydrogens is 483 g/mol. The molecule has 3 amide bonds. The van der Waals surface area contributed by atoms with Crippen molar-refractivity contribution < 1.29 is 37.1 Å². The summed E-state index contributed by atoms with van der Waals surface area (Å²) in [7, 11) is 1.47. The Morgan fingerprint density at radius 3 is 2.56 bits per heavy atom. The molecule has 0 bridgehead atoms. The van der Waals surface area contributed by atoms with Gasteiger partial charge in [0.05, 0.1) is 22.6 Å². The van der Waals surface area contributed by atoms with Crippen LogP contribution in [0.4, 0.5) is 23.7 Å². The Bertz CT molecular complexity index is 1400. The number of aromatic nitrogens is 1. The maximum absolute atomic E-state index is 13.2. The van der Waals surface area contributed by atoms with E-state index in [9.17, 15) is 37.5 Å². The van der Waals surface area contributed by atoms with Gasteiger partial charge in [-0.05, 0) is 23.8 Å². The van der Waals surface area contributed by atoms with Crippen molar-refractivity contribution in [1.82, 2.24) is 9.47 Å². The molecule has 1 saturated heterocycles. The minimum Gasteiger partial charge on any atom is -0.481 e. The summed E-state index contributed by atoms with van der Waals surface area (Å²) in [5.74, 6) is -4.94. The largest absolute Gasteiger partial charge is 0.481 e. The molecule has 1 fully saturated rings. The van der Waals surface area contributed by atoms with Crippen LogP contribution in [0.2, 0.25) is 5.02 Å². The lowest BCUT2D eigenvalue weighted by molar-refractivity contribution is -0.150. The lowest BCUT2D eigenvalue weighted by atomic mass is 10.0. The Hall–Kier alpha value is -3.80. The van der Waals surface area contributed by atoms with Crippen LogP contribution in [0.15, 0.2) is 45.6 Å². The van der Waals surface area contributed by atoms with Gasteiger partial charge in [-0.1, -0.05) is 23.7 Å². The number of aliphatic carboxylic acids is 1. The van der Waals surface area contributed by atoms with Crippen LogP contribution in [0.1, 0.15) is 11.1 Å². The summed E-state index contributed by atoms with van der Waals surface area (Å²) in [5, 5.41) is 8.84. The lowest BCUT2D eigenvalue weighted by Crippen LogP contribution is -2.58. The summed E-state index contributed by atoms with van der Waals surface area (Å²) < 4.78 is 46.0. The average molecular weight is 498 g/mol. The fourth-order valence-electron chi connectivity index (χ4n) is 3.69. The predicted octanol–water partition coefficient (Wildman–Crippen LogP) is 3.47. The molecule has 1 aromatic heterocycles. The van der Waals surface area contributed by atoms with Gasteiger partial charge in [0.2, 0.25) is 5.91 Å². The Labute approximate surface area is 193 Å². The summed E-state index contributed by atoms with van der Waals surface area (Å²) in [5.41, 5.74) is -0.676. The van der Waals surface area contributed by atoms with E-state index >= 15 is 0 Å². The minimum absolute atomic E-state index is 0.119. The van der Waals surface area contributed by atoms with E-state index in [4.69, 9.17) is 16.0 Å². The molecule has 0 spiro atoms. The number of rotatable bonds is 4. The number of carbonyl (C=O) groups is 3. The normalized spacial score (nSPS) is 17.0. The fourth-order valence-corrected chi connectivity index (χ4v) is 3.99. The first-order valence-electron chi connectivity index (χ1n) is 9.70. The molecular formula is C21H15ClF3N3O6. The lowest BCUT2D eigenvalue weighted by Gasteiger charge is -2.37. The number of urea groups is 1. The number of benzene rings is 2. The van der Waals surface area contributed by atoms with Gasteiger partial charge >= 0.3 is 23.9 Å². The van der Waals surface area contributed by atoms with Gasteiger partial charge in [-0.3, -0.25) is 24.0 Å². The number of carboxylic acid groups (broad SMARTS) is 1. The maximum atomic E-state index is 13.2. The quantitative estimate of drug-likeness (QED) is 0.552. The standard InChI is InChI=1S/C21H15ClF3N3O6/c1-26-14-6-5-11(7-15(14)34-20(26)33)27-9-12(18(30)31)17(29)28(19(27)32)8-10-3-2-4-13(16(10)22)21(23,24)25/h2-7,12H,8-9H2,1H3,(H,30,31).